The Morgan fingerprint density at radius 3 is 1.95 bits per heavy atom. The number of esters is 1. The van der Waals surface area contributed by atoms with Crippen LogP contribution in [0.25, 0.3) is 0 Å². The monoisotopic (exact) mass is 530 g/mol. The van der Waals surface area contributed by atoms with Crippen molar-refractivity contribution in [3.63, 3.8) is 0 Å². The van der Waals surface area contributed by atoms with Gasteiger partial charge in [0.25, 0.3) is 0 Å². The number of halogens is 1. The fourth-order valence-electron chi connectivity index (χ4n) is 6.85. The summed E-state index contributed by atoms with van der Waals surface area (Å²) in [6, 6.07) is 5.74. The summed E-state index contributed by atoms with van der Waals surface area (Å²) in [6.07, 6.45) is 27.7. The SMILES string of the molecule is CCCCCCCCCC1CCC(C2CCC(OC(=O)c3ccc(CCCCCC)c(Cl)c3)CC2)CC1. The van der Waals surface area contributed by atoms with Crippen LogP contribution in [-0.4, -0.2) is 12.1 Å². The second-order valence-corrected chi connectivity index (χ2v) is 12.7. The van der Waals surface area contributed by atoms with E-state index in [0.717, 1.165) is 49.0 Å². The number of hydrogen-bond donors (Lipinski definition) is 0. The van der Waals surface area contributed by atoms with Crippen LogP contribution in [-0.2, 0) is 11.2 Å². The zero-order valence-corrected chi connectivity index (χ0v) is 24.8. The van der Waals surface area contributed by atoms with Crippen LogP contribution in [0.4, 0.5) is 0 Å². The van der Waals surface area contributed by atoms with Crippen LogP contribution in [0.2, 0.25) is 5.02 Å². The molecule has 1 aromatic carbocycles. The molecule has 0 aromatic heterocycles. The van der Waals surface area contributed by atoms with E-state index in [1.807, 2.05) is 18.2 Å². The van der Waals surface area contributed by atoms with Gasteiger partial charge in [-0.15, -0.1) is 0 Å². The van der Waals surface area contributed by atoms with Crippen molar-refractivity contribution in [3.8, 4) is 0 Å². The molecule has 0 spiro atoms. The first-order valence-electron chi connectivity index (χ1n) is 16.1. The number of unbranched alkanes of at least 4 members (excludes halogenated alkanes) is 9. The van der Waals surface area contributed by atoms with Gasteiger partial charge in [0, 0.05) is 5.02 Å². The Bertz CT molecular complexity index is 759. The second-order valence-electron chi connectivity index (χ2n) is 12.2. The third-order valence-electron chi connectivity index (χ3n) is 9.36. The van der Waals surface area contributed by atoms with Crippen LogP contribution in [0.1, 0.15) is 158 Å². The molecule has 0 saturated heterocycles. The van der Waals surface area contributed by atoms with E-state index >= 15 is 0 Å². The normalized spacial score (nSPS) is 24.2. The van der Waals surface area contributed by atoms with Gasteiger partial charge in [0.15, 0.2) is 0 Å². The van der Waals surface area contributed by atoms with Crippen molar-refractivity contribution in [2.45, 2.75) is 155 Å². The minimum Gasteiger partial charge on any atom is -0.459 e. The molecule has 3 heteroatoms. The van der Waals surface area contributed by atoms with Gasteiger partial charge in [-0.3, -0.25) is 0 Å². The molecule has 0 heterocycles. The lowest BCUT2D eigenvalue weighted by Crippen LogP contribution is -2.29. The number of carbonyl (C=O) groups is 1. The number of carbonyl (C=O) groups excluding carboxylic acids is 1. The lowest BCUT2D eigenvalue weighted by atomic mass is 9.70. The van der Waals surface area contributed by atoms with E-state index in [4.69, 9.17) is 16.3 Å². The van der Waals surface area contributed by atoms with Crippen molar-refractivity contribution in [2.75, 3.05) is 0 Å². The third kappa shape index (κ3) is 10.9. The van der Waals surface area contributed by atoms with Crippen molar-refractivity contribution >= 4 is 17.6 Å². The molecule has 0 aliphatic heterocycles. The summed E-state index contributed by atoms with van der Waals surface area (Å²) in [5, 5.41) is 0.706. The highest BCUT2D eigenvalue weighted by atomic mass is 35.5. The highest BCUT2D eigenvalue weighted by Crippen LogP contribution is 2.41. The molecule has 2 fully saturated rings. The van der Waals surface area contributed by atoms with Gasteiger partial charge in [-0.25, -0.2) is 4.79 Å². The second kappa shape index (κ2) is 17.5. The Balaban J connectivity index is 1.30. The molecule has 1 aromatic rings. The van der Waals surface area contributed by atoms with Gasteiger partial charge < -0.3 is 4.74 Å². The fraction of sp³-hybridized carbons (Fsp3) is 0.794. The molecule has 0 atom stereocenters. The summed E-state index contributed by atoms with van der Waals surface area (Å²) in [4.78, 5) is 12.8. The van der Waals surface area contributed by atoms with E-state index in [1.54, 1.807) is 0 Å². The number of benzene rings is 1. The van der Waals surface area contributed by atoms with Gasteiger partial charge in [-0.05, 0) is 86.8 Å². The van der Waals surface area contributed by atoms with Crippen molar-refractivity contribution in [2.24, 2.45) is 17.8 Å². The van der Waals surface area contributed by atoms with Crippen LogP contribution < -0.4 is 0 Å². The molecule has 2 saturated carbocycles. The minimum absolute atomic E-state index is 0.0740. The topological polar surface area (TPSA) is 26.3 Å². The fourth-order valence-corrected chi connectivity index (χ4v) is 7.13. The maximum atomic E-state index is 12.8. The number of rotatable bonds is 16. The molecule has 37 heavy (non-hydrogen) atoms. The van der Waals surface area contributed by atoms with Crippen LogP contribution in [0.5, 0.6) is 0 Å². The largest absolute Gasteiger partial charge is 0.459 e. The van der Waals surface area contributed by atoms with Crippen molar-refractivity contribution < 1.29 is 9.53 Å². The molecule has 2 aliphatic rings. The zero-order chi connectivity index (χ0) is 26.3. The summed E-state index contributed by atoms with van der Waals surface area (Å²) in [6.45, 7) is 4.52. The van der Waals surface area contributed by atoms with E-state index in [2.05, 4.69) is 13.8 Å². The first-order valence-corrected chi connectivity index (χ1v) is 16.5. The number of ether oxygens (including phenoxy) is 1. The average Bonchev–Trinajstić information content (AvgIpc) is 2.92. The summed E-state index contributed by atoms with van der Waals surface area (Å²) in [7, 11) is 0. The van der Waals surface area contributed by atoms with Gasteiger partial charge in [0.1, 0.15) is 6.10 Å². The summed E-state index contributed by atoms with van der Waals surface area (Å²) >= 11 is 6.50. The number of aryl methyl sites for hydroxylation is 1. The molecule has 0 radical (unpaired) electrons. The lowest BCUT2D eigenvalue weighted by Gasteiger charge is -2.37. The highest BCUT2D eigenvalue weighted by molar-refractivity contribution is 6.31. The van der Waals surface area contributed by atoms with Gasteiger partial charge in [-0.1, -0.05) is 115 Å². The Hall–Kier alpha value is -1.02. The summed E-state index contributed by atoms with van der Waals surface area (Å²) in [5.41, 5.74) is 1.75. The van der Waals surface area contributed by atoms with Gasteiger partial charge in [0.05, 0.1) is 5.56 Å². The van der Waals surface area contributed by atoms with E-state index in [0.29, 0.717) is 10.6 Å². The molecular weight excluding hydrogens is 476 g/mol. The molecule has 3 rings (SSSR count). The quantitative estimate of drug-likeness (QED) is 0.157. The van der Waals surface area contributed by atoms with Gasteiger partial charge in [-0.2, -0.15) is 0 Å². The third-order valence-corrected chi connectivity index (χ3v) is 9.71. The minimum atomic E-state index is -0.200. The maximum Gasteiger partial charge on any atom is 0.338 e. The molecule has 0 unspecified atom stereocenters. The molecule has 0 N–H and O–H groups in total. The van der Waals surface area contributed by atoms with Crippen LogP contribution >= 0.6 is 11.6 Å². The van der Waals surface area contributed by atoms with E-state index < -0.39 is 0 Å². The Labute approximate surface area is 233 Å². The lowest BCUT2D eigenvalue weighted by molar-refractivity contribution is 0.0109. The highest BCUT2D eigenvalue weighted by Gasteiger charge is 2.32. The Morgan fingerprint density at radius 1 is 0.757 bits per heavy atom. The molecule has 0 amide bonds. The van der Waals surface area contributed by atoms with Crippen molar-refractivity contribution in [1.82, 2.24) is 0 Å². The first-order chi connectivity index (χ1) is 18.1. The van der Waals surface area contributed by atoms with E-state index in [9.17, 15) is 4.79 Å². The van der Waals surface area contributed by atoms with Crippen molar-refractivity contribution in [1.29, 1.82) is 0 Å². The Morgan fingerprint density at radius 2 is 1.32 bits per heavy atom. The van der Waals surface area contributed by atoms with Crippen LogP contribution in [0.3, 0.4) is 0 Å². The van der Waals surface area contributed by atoms with Crippen LogP contribution in [0.15, 0.2) is 18.2 Å². The van der Waals surface area contributed by atoms with Gasteiger partial charge in [0.2, 0.25) is 0 Å². The first kappa shape index (κ1) is 30.5. The number of hydrogen-bond acceptors (Lipinski definition) is 2. The van der Waals surface area contributed by atoms with Crippen LogP contribution in [0, 0.1) is 17.8 Å². The van der Waals surface area contributed by atoms with E-state index in [1.165, 1.54) is 109 Å². The summed E-state index contributed by atoms with van der Waals surface area (Å²) in [5.74, 6) is 2.54. The standard InChI is InChI=1S/C34H55ClO2/c1-3-5-7-9-10-11-12-14-27-16-18-28(19-17-27)29-22-24-32(25-23-29)37-34(36)31-21-20-30(33(35)26-31)15-13-8-6-4-2/h20-21,26-29,32H,3-19,22-25H2,1-2H3. The molecular formula is C34H55ClO2. The van der Waals surface area contributed by atoms with Gasteiger partial charge >= 0.3 is 5.97 Å². The molecule has 2 aliphatic carbocycles. The van der Waals surface area contributed by atoms with Crippen molar-refractivity contribution in [3.05, 3.63) is 34.3 Å². The average molecular weight is 531 g/mol. The summed E-state index contributed by atoms with van der Waals surface area (Å²) < 4.78 is 5.93. The zero-order valence-electron chi connectivity index (χ0n) is 24.1. The molecule has 2 nitrogen and oxygen atoms in total. The Kier molecular flexibility index (Phi) is 14.5. The predicted molar refractivity (Wildman–Crippen MR) is 159 cm³/mol. The predicted octanol–water partition coefficient (Wildman–Crippen LogP) is 11.1. The smallest absolute Gasteiger partial charge is 0.338 e. The molecule has 210 valence electrons. The maximum absolute atomic E-state index is 12.8. The molecule has 0 bridgehead atoms. The van der Waals surface area contributed by atoms with E-state index in [-0.39, 0.29) is 12.1 Å².